The van der Waals surface area contributed by atoms with E-state index < -0.39 is 0 Å². The largest absolute Gasteiger partial charge is 0.0894 e. The summed E-state index contributed by atoms with van der Waals surface area (Å²) in [5, 5.41) is 0. The maximum atomic E-state index is 4.03. The summed E-state index contributed by atoms with van der Waals surface area (Å²) in [4.78, 5) is 0.650. The fourth-order valence-corrected chi connectivity index (χ4v) is 1.87. The summed E-state index contributed by atoms with van der Waals surface area (Å²) >= 11 is 3.56. The van der Waals surface area contributed by atoms with Crippen LogP contribution in [0.1, 0.15) is 37.3 Å². The second kappa shape index (κ2) is 6.23. The van der Waals surface area contributed by atoms with E-state index in [2.05, 4.69) is 48.0 Å². The summed E-state index contributed by atoms with van der Waals surface area (Å²) in [5.41, 5.74) is 2.58. The van der Waals surface area contributed by atoms with Gasteiger partial charge < -0.3 is 0 Å². The van der Waals surface area contributed by atoms with Gasteiger partial charge in [0, 0.05) is 4.83 Å². The smallest absolute Gasteiger partial charge is 0.0117 e. The highest BCUT2D eigenvalue weighted by atomic mass is 79.9. The number of unbranched alkanes of at least 4 members (excludes halogenated alkanes) is 1. The second-order valence-electron chi connectivity index (χ2n) is 3.80. The van der Waals surface area contributed by atoms with Gasteiger partial charge in [0.1, 0.15) is 0 Å². The van der Waals surface area contributed by atoms with E-state index in [1.807, 2.05) is 6.07 Å². The molecular formula is C13H18Br. The van der Waals surface area contributed by atoms with Gasteiger partial charge in [-0.05, 0) is 37.3 Å². The topological polar surface area (TPSA) is 0 Å². The molecule has 0 N–H and O–H groups in total. The molecule has 1 radical (unpaired) electrons. The minimum Gasteiger partial charge on any atom is -0.0894 e. The Hall–Kier alpha value is -0.300. The van der Waals surface area contributed by atoms with Gasteiger partial charge in [0.2, 0.25) is 0 Å². The molecule has 0 spiro atoms. The van der Waals surface area contributed by atoms with Gasteiger partial charge >= 0.3 is 0 Å². The molecule has 1 aromatic rings. The summed E-state index contributed by atoms with van der Waals surface area (Å²) < 4.78 is 0. The van der Waals surface area contributed by atoms with Gasteiger partial charge in [0.25, 0.3) is 0 Å². The highest BCUT2D eigenvalue weighted by Crippen LogP contribution is 2.14. The van der Waals surface area contributed by atoms with Crippen molar-refractivity contribution in [3.63, 3.8) is 0 Å². The zero-order valence-electron chi connectivity index (χ0n) is 8.80. The lowest BCUT2D eigenvalue weighted by atomic mass is 10.0. The van der Waals surface area contributed by atoms with Crippen LogP contribution in [0.4, 0.5) is 0 Å². The standard InChI is InChI=1S/C13H18Br/c1-11-7-3-5-9-13(11)10-6-4-8-12(2)14/h3,5,7,9,12H,1,4,6,8,10H2,2H3. The summed E-state index contributed by atoms with van der Waals surface area (Å²) in [6.07, 6.45) is 4.99. The van der Waals surface area contributed by atoms with Crippen LogP contribution in [0.25, 0.3) is 0 Å². The average Bonchev–Trinajstić information content (AvgIpc) is 2.15. The molecule has 0 aliphatic carbocycles. The minimum absolute atomic E-state index is 0.650. The average molecular weight is 254 g/mol. The number of rotatable bonds is 5. The molecule has 0 amide bonds. The molecule has 0 saturated heterocycles. The number of halogens is 1. The SMILES string of the molecule is [CH2]c1ccccc1CCCCC(C)Br. The fourth-order valence-electron chi connectivity index (χ4n) is 1.54. The summed E-state index contributed by atoms with van der Waals surface area (Å²) in [7, 11) is 0. The molecular weight excluding hydrogens is 236 g/mol. The zero-order valence-corrected chi connectivity index (χ0v) is 10.4. The highest BCUT2D eigenvalue weighted by Gasteiger charge is 1.98. The van der Waals surface area contributed by atoms with Crippen LogP contribution in [0.3, 0.4) is 0 Å². The van der Waals surface area contributed by atoms with E-state index >= 15 is 0 Å². The molecule has 1 heteroatoms. The van der Waals surface area contributed by atoms with E-state index in [9.17, 15) is 0 Å². The number of alkyl halides is 1. The van der Waals surface area contributed by atoms with Gasteiger partial charge in [-0.2, -0.15) is 0 Å². The molecule has 77 valence electrons. The van der Waals surface area contributed by atoms with Crippen LogP contribution in [0.5, 0.6) is 0 Å². The van der Waals surface area contributed by atoms with E-state index in [-0.39, 0.29) is 0 Å². The Morgan fingerprint density at radius 1 is 1.29 bits per heavy atom. The molecule has 1 atom stereocenters. The molecule has 0 aromatic heterocycles. The van der Waals surface area contributed by atoms with E-state index in [0.29, 0.717) is 4.83 Å². The number of aryl methyl sites for hydroxylation is 1. The lowest BCUT2D eigenvalue weighted by Crippen LogP contribution is -1.93. The van der Waals surface area contributed by atoms with Crippen LogP contribution in [-0.2, 0) is 6.42 Å². The molecule has 0 saturated carbocycles. The van der Waals surface area contributed by atoms with E-state index in [1.165, 1.54) is 36.8 Å². The van der Waals surface area contributed by atoms with Crippen molar-refractivity contribution in [3.05, 3.63) is 42.3 Å². The summed E-state index contributed by atoms with van der Waals surface area (Å²) in [6.45, 7) is 6.23. The van der Waals surface area contributed by atoms with Crippen molar-refractivity contribution in [3.8, 4) is 0 Å². The van der Waals surface area contributed by atoms with Crippen LogP contribution in [0, 0.1) is 6.92 Å². The van der Waals surface area contributed by atoms with Crippen molar-refractivity contribution < 1.29 is 0 Å². The molecule has 1 rings (SSSR count). The molecule has 0 heterocycles. The molecule has 0 aliphatic rings. The third-order valence-corrected chi connectivity index (χ3v) is 2.87. The van der Waals surface area contributed by atoms with E-state index in [4.69, 9.17) is 0 Å². The third-order valence-electron chi connectivity index (χ3n) is 2.42. The predicted molar refractivity (Wildman–Crippen MR) is 66.8 cm³/mol. The van der Waals surface area contributed by atoms with Crippen molar-refractivity contribution in [1.82, 2.24) is 0 Å². The first-order chi connectivity index (χ1) is 6.70. The van der Waals surface area contributed by atoms with Crippen molar-refractivity contribution in [2.24, 2.45) is 0 Å². The third kappa shape index (κ3) is 4.28. The number of hydrogen-bond acceptors (Lipinski definition) is 0. The first-order valence-electron chi connectivity index (χ1n) is 5.24. The molecule has 0 nitrogen and oxygen atoms in total. The normalized spacial score (nSPS) is 12.8. The second-order valence-corrected chi connectivity index (χ2v) is 5.36. The highest BCUT2D eigenvalue weighted by molar-refractivity contribution is 9.09. The summed E-state index contributed by atoms with van der Waals surface area (Å²) in [6, 6.07) is 8.41. The molecule has 0 bridgehead atoms. The van der Waals surface area contributed by atoms with E-state index in [0.717, 1.165) is 0 Å². The lowest BCUT2D eigenvalue weighted by Gasteiger charge is -2.05. The molecule has 14 heavy (non-hydrogen) atoms. The Morgan fingerprint density at radius 2 is 2.00 bits per heavy atom. The minimum atomic E-state index is 0.650. The van der Waals surface area contributed by atoms with Crippen LogP contribution >= 0.6 is 15.9 Å². The quantitative estimate of drug-likeness (QED) is 0.540. The van der Waals surface area contributed by atoms with Crippen molar-refractivity contribution in [1.29, 1.82) is 0 Å². The maximum absolute atomic E-state index is 4.03. The van der Waals surface area contributed by atoms with E-state index in [1.54, 1.807) is 0 Å². The lowest BCUT2D eigenvalue weighted by molar-refractivity contribution is 0.679. The van der Waals surface area contributed by atoms with Gasteiger partial charge in [0.05, 0.1) is 0 Å². The zero-order chi connectivity index (χ0) is 10.4. The Morgan fingerprint density at radius 3 is 2.64 bits per heavy atom. The monoisotopic (exact) mass is 253 g/mol. The predicted octanol–water partition coefficient (Wildman–Crippen LogP) is 4.36. The summed E-state index contributed by atoms with van der Waals surface area (Å²) in [5.74, 6) is 0. The van der Waals surface area contributed by atoms with Crippen LogP contribution < -0.4 is 0 Å². The number of hydrogen-bond donors (Lipinski definition) is 0. The molecule has 1 unspecified atom stereocenters. The van der Waals surface area contributed by atoms with Gasteiger partial charge in [-0.3, -0.25) is 0 Å². The molecule has 0 fully saturated rings. The van der Waals surface area contributed by atoms with Crippen LogP contribution in [0.2, 0.25) is 0 Å². The first-order valence-corrected chi connectivity index (χ1v) is 6.15. The van der Waals surface area contributed by atoms with Crippen molar-refractivity contribution in [2.45, 2.75) is 37.4 Å². The fraction of sp³-hybridized carbons (Fsp3) is 0.462. The van der Waals surface area contributed by atoms with Gasteiger partial charge in [-0.15, -0.1) is 0 Å². The van der Waals surface area contributed by atoms with Crippen molar-refractivity contribution >= 4 is 15.9 Å². The maximum Gasteiger partial charge on any atom is 0.0117 e. The molecule has 0 aliphatic heterocycles. The number of benzene rings is 1. The molecule has 1 aromatic carbocycles. The Kier molecular flexibility index (Phi) is 5.24. The first kappa shape index (κ1) is 11.8. The van der Waals surface area contributed by atoms with Crippen molar-refractivity contribution in [2.75, 3.05) is 0 Å². The Balaban J connectivity index is 2.28. The van der Waals surface area contributed by atoms with Crippen LogP contribution in [0.15, 0.2) is 24.3 Å². The van der Waals surface area contributed by atoms with Crippen LogP contribution in [-0.4, -0.2) is 4.83 Å². The van der Waals surface area contributed by atoms with Gasteiger partial charge in [-0.25, -0.2) is 0 Å². The van der Waals surface area contributed by atoms with Gasteiger partial charge in [0.15, 0.2) is 0 Å². The Bertz CT molecular complexity index is 266. The Labute approximate surface area is 95.9 Å². The van der Waals surface area contributed by atoms with Gasteiger partial charge in [-0.1, -0.05) is 53.5 Å².